The molecule has 1 aromatic rings. The Kier molecular flexibility index (Phi) is 7.48. The number of nitrogens with one attached hydrogen (secondary N) is 1. The van der Waals surface area contributed by atoms with E-state index in [2.05, 4.69) is 10.2 Å². The van der Waals surface area contributed by atoms with Crippen molar-refractivity contribution in [3.8, 4) is 0 Å². The predicted molar refractivity (Wildman–Crippen MR) is 93.3 cm³/mol. The van der Waals surface area contributed by atoms with Gasteiger partial charge in [-0.05, 0) is 32.0 Å². The van der Waals surface area contributed by atoms with Crippen molar-refractivity contribution in [3.63, 3.8) is 0 Å². The topological polar surface area (TPSA) is 84.7 Å². The molecule has 1 heterocycles. The van der Waals surface area contributed by atoms with Gasteiger partial charge in [0.1, 0.15) is 0 Å². The smallest absolute Gasteiger partial charge is 0.269 e. The van der Waals surface area contributed by atoms with Gasteiger partial charge < -0.3 is 10.1 Å². The van der Waals surface area contributed by atoms with E-state index in [0.717, 1.165) is 44.2 Å². The Morgan fingerprint density at radius 1 is 1.38 bits per heavy atom. The van der Waals surface area contributed by atoms with E-state index in [4.69, 9.17) is 4.74 Å². The molecular formula is C16H23N3O4S. The summed E-state index contributed by atoms with van der Waals surface area (Å²) in [6.45, 7) is 6.95. The van der Waals surface area contributed by atoms with Gasteiger partial charge in [-0.1, -0.05) is 0 Å². The predicted octanol–water partition coefficient (Wildman–Crippen LogP) is 1.91. The van der Waals surface area contributed by atoms with E-state index >= 15 is 0 Å². The van der Waals surface area contributed by atoms with E-state index in [0.29, 0.717) is 6.54 Å². The number of hydrogen-bond donors (Lipinski definition) is 1. The SMILES string of the molecule is CC(Sc1ccc([N+](=O)[O-])cc1)C(=O)NCCCN1CCOCC1. The normalized spacial score (nSPS) is 16.5. The molecule has 0 bridgehead atoms. The maximum atomic E-state index is 12.1. The molecule has 24 heavy (non-hydrogen) atoms. The van der Waals surface area contributed by atoms with E-state index in [9.17, 15) is 14.9 Å². The van der Waals surface area contributed by atoms with E-state index < -0.39 is 4.92 Å². The van der Waals surface area contributed by atoms with Crippen molar-refractivity contribution in [2.24, 2.45) is 0 Å². The third kappa shape index (κ3) is 6.10. The average Bonchev–Trinajstić information content (AvgIpc) is 2.60. The van der Waals surface area contributed by atoms with E-state index in [-0.39, 0.29) is 16.8 Å². The minimum absolute atomic E-state index is 0.0136. The number of benzene rings is 1. The highest BCUT2D eigenvalue weighted by atomic mass is 32.2. The van der Waals surface area contributed by atoms with Crippen LogP contribution in [0.3, 0.4) is 0 Å². The van der Waals surface area contributed by atoms with Crippen molar-refractivity contribution >= 4 is 23.4 Å². The van der Waals surface area contributed by atoms with E-state index in [1.807, 2.05) is 6.92 Å². The highest BCUT2D eigenvalue weighted by molar-refractivity contribution is 8.00. The second kappa shape index (κ2) is 9.61. The molecule has 1 N–H and O–H groups in total. The van der Waals surface area contributed by atoms with Crippen LogP contribution in [0.2, 0.25) is 0 Å². The molecule has 1 fully saturated rings. The van der Waals surface area contributed by atoms with Crippen LogP contribution in [0.25, 0.3) is 0 Å². The number of nitrogens with zero attached hydrogens (tertiary/aromatic N) is 2. The molecule has 1 amide bonds. The number of amides is 1. The van der Waals surface area contributed by atoms with Crippen molar-refractivity contribution in [2.75, 3.05) is 39.4 Å². The zero-order valence-corrected chi connectivity index (χ0v) is 14.6. The van der Waals surface area contributed by atoms with Crippen LogP contribution in [-0.2, 0) is 9.53 Å². The fraction of sp³-hybridized carbons (Fsp3) is 0.562. The second-order valence-corrected chi connectivity index (χ2v) is 7.02. The molecule has 2 rings (SSSR count). The largest absolute Gasteiger partial charge is 0.379 e. The molecule has 1 aromatic carbocycles. The Morgan fingerprint density at radius 2 is 2.04 bits per heavy atom. The van der Waals surface area contributed by atoms with E-state index in [1.165, 1.54) is 23.9 Å². The zero-order chi connectivity index (χ0) is 17.4. The molecule has 7 nitrogen and oxygen atoms in total. The summed E-state index contributed by atoms with van der Waals surface area (Å²) in [5.74, 6) is -0.0136. The maximum Gasteiger partial charge on any atom is 0.269 e. The van der Waals surface area contributed by atoms with Crippen molar-refractivity contribution in [1.29, 1.82) is 0 Å². The number of ether oxygens (including phenoxy) is 1. The third-order valence-corrected chi connectivity index (χ3v) is 4.90. The van der Waals surface area contributed by atoms with E-state index in [1.54, 1.807) is 12.1 Å². The van der Waals surface area contributed by atoms with Gasteiger partial charge in [0.2, 0.25) is 5.91 Å². The minimum atomic E-state index is -0.431. The number of morpholine rings is 1. The molecule has 132 valence electrons. The third-order valence-electron chi connectivity index (χ3n) is 3.78. The van der Waals surface area contributed by atoms with Crippen LogP contribution in [0.4, 0.5) is 5.69 Å². The fourth-order valence-corrected chi connectivity index (χ4v) is 3.28. The van der Waals surface area contributed by atoms with Crippen molar-refractivity contribution in [2.45, 2.75) is 23.5 Å². The van der Waals surface area contributed by atoms with Crippen LogP contribution >= 0.6 is 11.8 Å². The van der Waals surface area contributed by atoms with Crippen LogP contribution in [0.1, 0.15) is 13.3 Å². The number of rotatable bonds is 8. The molecule has 1 aliphatic heterocycles. The first-order chi connectivity index (χ1) is 11.6. The van der Waals surface area contributed by atoms with Gasteiger partial charge in [-0.15, -0.1) is 11.8 Å². The van der Waals surface area contributed by atoms with Gasteiger partial charge in [-0.3, -0.25) is 19.8 Å². The van der Waals surface area contributed by atoms with Gasteiger partial charge in [0.15, 0.2) is 0 Å². The summed E-state index contributed by atoms with van der Waals surface area (Å²) >= 11 is 1.40. The number of carbonyl (C=O) groups excluding carboxylic acids is 1. The molecule has 1 atom stereocenters. The summed E-state index contributed by atoms with van der Waals surface area (Å²) in [6, 6.07) is 6.25. The molecule has 8 heteroatoms. The summed E-state index contributed by atoms with van der Waals surface area (Å²) in [6.07, 6.45) is 0.917. The first-order valence-corrected chi connectivity index (χ1v) is 8.93. The van der Waals surface area contributed by atoms with Gasteiger partial charge >= 0.3 is 0 Å². The average molecular weight is 353 g/mol. The number of thioether (sulfide) groups is 1. The van der Waals surface area contributed by atoms with Crippen LogP contribution in [0.5, 0.6) is 0 Å². The fourth-order valence-electron chi connectivity index (χ4n) is 2.39. The number of nitro benzene ring substituents is 1. The number of non-ortho nitro benzene ring substituents is 1. The Hall–Kier alpha value is -1.64. The lowest BCUT2D eigenvalue weighted by molar-refractivity contribution is -0.384. The first kappa shape index (κ1) is 18.7. The summed E-state index contributed by atoms with van der Waals surface area (Å²) in [5.41, 5.74) is 0.0552. The molecule has 1 saturated heterocycles. The molecule has 0 aliphatic carbocycles. The summed E-state index contributed by atoms with van der Waals surface area (Å²) in [4.78, 5) is 25.5. The Morgan fingerprint density at radius 3 is 2.67 bits per heavy atom. The quantitative estimate of drug-likeness (QED) is 0.333. The van der Waals surface area contributed by atoms with Crippen LogP contribution in [0, 0.1) is 10.1 Å². The Balaban J connectivity index is 1.66. The van der Waals surface area contributed by atoms with Crippen molar-refractivity contribution < 1.29 is 14.5 Å². The van der Waals surface area contributed by atoms with Gasteiger partial charge in [0.25, 0.3) is 5.69 Å². The maximum absolute atomic E-state index is 12.1. The summed E-state index contributed by atoms with van der Waals surface area (Å²) in [7, 11) is 0. The molecule has 1 unspecified atom stereocenters. The lowest BCUT2D eigenvalue weighted by Crippen LogP contribution is -2.38. The second-order valence-electron chi connectivity index (χ2n) is 5.61. The van der Waals surface area contributed by atoms with Crippen LogP contribution < -0.4 is 5.32 Å². The lowest BCUT2D eigenvalue weighted by atomic mass is 10.3. The lowest BCUT2D eigenvalue weighted by Gasteiger charge is -2.26. The number of carbonyl (C=O) groups is 1. The highest BCUT2D eigenvalue weighted by Crippen LogP contribution is 2.25. The Bertz CT molecular complexity index is 547. The van der Waals surface area contributed by atoms with Crippen molar-refractivity contribution in [3.05, 3.63) is 34.4 Å². The molecule has 0 radical (unpaired) electrons. The molecule has 0 aromatic heterocycles. The number of hydrogen-bond acceptors (Lipinski definition) is 6. The highest BCUT2D eigenvalue weighted by Gasteiger charge is 2.15. The molecular weight excluding hydrogens is 330 g/mol. The van der Waals surface area contributed by atoms with Crippen LogP contribution in [0.15, 0.2) is 29.2 Å². The van der Waals surface area contributed by atoms with Gasteiger partial charge in [-0.2, -0.15) is 0 Å². The summed E-state index contributed by atoms with van der Waals surface area (Å²) in [5, 5.41) is 13.3. The Labute approximate surface area is 145 Å². The molecule has 0 spiro atoms. The van der Waals surface area contributed by atoms with Gasteiger partial charge in [0.05, 0.1) is 23.4 Å². The molecule has 0 saturated carbocycles. The zero-order valence-electron chi connectivity index (χ0n) is 13.8. The monoisotopic (exact) mass is 353 g/mol. The number of nitro groups is 1. The standard InChI is InChI=1S/C16H23N3O4S/c1-13(24-15-5-3-14(4-6-15)19(21)22)16(20)17-7-2-8-18-9-11-23-12-10-18/h3-6,13H,2,7-12H2,1H3,(H,17,20). The van der Waals surface area contributed by atoms with Gasteiger partial charge in [0, 0.05) is 36.7 Å². The summed E-state index contributed by atoms with van der Waals surface area (Å²) < 4.78 is 5.30. The van der Waals surface area contributed by atoms with Crippen molar-refractivity contribution in [1.82, 2.24) is 10.2 Å². The molecule has 1 aliphatic rings. The minimum Gasteiger partial charge on any atom is -0.379 e. The van der Waals surface area contributed by atoms with Crippen LogP contribution in [-0.4, -0.2) is 60.4 Å². The van der Waals surface area contributed by atoms with Gasteiger partial charge in [-0.25, -0.2) is 0 Å². The first-order valence-electron chi connectivity index (χ1n) is 8.05.